The molecule has 0 spiro atoms. The Hall–Kier alpha value is -1.61. The van der Waals surface area contributed by atoms with E-state index in [0.717, 1.165) is 18.9 Å². The summed E-state index contributed by atoms with van der Waals surface area (Å²) in [6, 6.07) is 0.674. The molecule has 3 fully saturated rings. The van der Waals surface area contributed by atoms with Crippen molar-refractivity contribution in [3.05, 3.63) is 16.8 Å². The van der Waals surface area contributed by atoms with Crippen molar-refractivity contribution in [2.75, 3.05) is 31.6 Å². The predicted octanol–water partition coefficient (Wildman–Crippen LogP) is 3.22. The van der Waals surface area contributed by atoms with Crippen molar-refractivity contribution in [3.63, 3.8) is 0 Å². The number of likely N-dealkylation sites (tertiary alicyclic amines) is 1. The Morgan fingerprint density at radius 3 is 2.43 bits per heavy atom. The van der Waals surface area contributed by atoms with Crippen LogP contribution < -0.4 is 5.32 Å². The van der Waals surface area contributed by atoms with Gasteiger partial charge in [-0.25, -0.2) is 0 Å². The second-order valence-electron chi connectivity index (χ2n) is 7.89. The molecule has 0 bridgehead atoms. The van der Waals surface area contributed by atoms with Crippen molar-refractivity contribution in [2.24, 2.45) is 17.8 Å². The maximum absolute atomic E-state index is 13.2. The van der Waals surface area contributed by atoms with Crippen molar-refractivity contribution in [1.82, 2.24) is 15.1 Å². The molecule has 0 aromatic carbocycles. The zero-order valence-electron chi connectivity index (χ0n) is 15.2. The summed E-state index contributed by atoms with van der Waals surface area (Å²) in [5.74, 6) is 0.564. The molecule has 1 amide bonds. The van der Waals surface area contributed by atoms with E-state index in [2.05, 4.69) is 15.5 Å². The molecular weight excluding hydrogens is 397 g/mol. The number of hydrogen-bond donors (Lipinski definition) is 1. The third-order valence-corrected chi connectivity index (χ3v) is 6.23. The van der Waals surface area contributed by atoms with Crippen molar-refractivity contribution in [2.45, 2.75) is 37.9 Å². The number of anilines is 1. The minimum absolute atomic E-state index is 0.0418. The van der Waals surface area contributed by atoms with E-state index < -0.39 is 11.7 Å². The highest BCUT2D eigenvalue weighted by Gasteiger charge is 2.44. The summed E-state index contributed by atoms with van der Waals surface area (Å²) in [7, 11) is 0. The van der Waals surface area contributed by atoms with E-state index in [-0.39, 0.29) is 28.8 Å². The number of fused-ring (bicyclic) bond motifs is 1. The monoisotopic (exact) mass is 418 g/mol. The van der Waals surface area contributed by atoms with E-state index >= 15 is 0 Å². The summed E-state index contributed by atoms with van der Waals surface area (Å²) in [6.07, 6.45) is -1.59. The molecule has 1 saturated carbocycles. The summed E-state index contributed by atoms with van der Waals surface area (Å²) in [4.78, 5) is 14.6. The zero-order chi connectivity index (χ0) is 19.9. The van der Waals surface area contributed by atoms with Crippen LogP contribution in [0.3, 0.4) is 0 Å². The van der Waals surface area contributed by atoms with E-state index in [1.807, 2.05) is 4.90 Å². The first-order valence-electron chi connectivity index (χ1n) is 9.54. The quantitative estimate of drug-likeness (QED) is 0.816. The van der Waals surface area contributed by atoms with Gasteiger partial charge in [-0.15, -0.1) is 10.2 Å². The van der Waals surface area contributed by atoms with Crippen LogP contribution in [0.15, 0.2) is 6.07 Å². The fourth-order valence-electron chi connectivity index (χ4n) is 4.68. The average Bonchev–Trinajstić information content (AvgIpc) is 3.21. The molecule has 1 aromatic rings. The molecule has 3 atom stereocenters. The Morgan fingerprint density at radius 2 is 1.82 bits per heavy atom. The lowest BCUT2D eigenvalue weighted by Crippen LogP contribution is -2.38. The van der Waals surface area contributed by atoms with Crippen molar-refractivity contribution in [1.29, 1.82) is 0 Å². The molecular formula is C18H22ClF3N4O2. The van der Waals surface area contributed by atoms with Crippen molar-refractivity contribution >= 4 is 23.3 Å². The molecule has 3 aliphatic rings. The van der Waals surface area contributed by atoms with Gasteiger partial charge in [0.05, 0.1) is 0 Å². The normalized spacial score (nSPS) is 28.4. The molecule has 0 unspecified atom stereocenters. The molecule has 154 valence electrons. The first-order chi connectivity index (χ1) is 13.3. The molecule has 28 heavy (non-hydrogen) atoms. The van der Waals surface area contributed by atoms with Gasteiger partial charge in [0, 0.05) is 38.3 Å². The van der Waals surface area contributed by atoms with E-state index in [0.29, 0.717) is 51.0 Å². The van der Waals surface area contributed by atoms with E-state index in [1.165, 1.54) is 0 Å². The largest absolute Gasteiger partial charge is 0.420 e. The maximum atomic E-state index is 13.2. The van der Waals surface area contributed by atoms with Crippen molar-refractivity contribution < 1.29 is 22.7 Å². The van der Waals surface area contributed by atoms with Gasteiger partial charge in [-0.3, -0.25) is 4.79 Å². The summed E-state index contributed by atoms with van der Waals surface area (Å²) in [5, 5.41) is 9.78. The number of carbonyl (C=O) groups is 1. The Labute approximate surface area is 165 Å². The van der Waals surface area contributed by atoms with E-state index in [4.69, 9.17) is 16.3 Å². The van der Waals surface area contributed by atoms with Gasteiger partial charge in [-0.1, -0.05) is 11.6 Å². The molecule has 1 aromatic heterocycles. The van der Waals surface area contributed by atoms with Crippen LogP contribution in [0.5, 0.6) is 0 Å². The van der Waals surface area contributed by atoms with Crippen LogP contribution in [0.25, 0.3) is 0 Å². The molecule has 2 aliphatic heterocycles. The Balaban J connectivity index is 1.36. The third kappa shape index (κ3) is 4.05. The predicted molar refractivity (Wildman–Crippen MR) is 95.8 cm³/mol. The van der Waals surface area contributed by atoms with E-state index in [1.54, 1.807) is 0 Å². The van der Waals surface area contributed by atoms with Gasteiger partial charge < -0.3 is 15.0 Å². The second-order valence-corrected chi connectivity index (χ2v) is 8.28. The summed E-state index contributed by atoms with van der Waals surface area (Å²) in [5.41, 5.74) is -0.902. The van der Waals surface area contributed by atoms with Crippen LogP contribution in [0, 0.1) is 17.8 Å². The molecule has 10 heteroatoms. The standard InChI is InChI=1S/C18H22ClF3N4O2/c19-15-7-14(18(20,21)22)16(25-24-15)23-13-5-11-8-26(9-12(11)6-13)17(27)10-1-3-28-4-2-10/h7,10-13H,1-6,8-9H2,(H,23,25)/t11-,12+,13+. The summed E-state index contributed by atoms with van der Waals surface area (Å²) < 4.78 is 45.0. The summed E-state index contributed by atoms with van der Waals surface area (Å²) >= 11 is 5.58. The molecule has 6 nitrogen and oxygen atoms in total. The maximum Gasteiger partial charge on any atom is 0.420 e. The molecule has 4 rings (SSSR count). The highest BCUT2D eigenvalue weighted by Crippen LogP contribution is 2.41. The lowest BCUT2D eigenvalue weighted by molar-refractivity contribution is -0.138. The van der Waals surface area contributed by atoms with Gasteiger partial charge in [0.15, 0.2) is 11.0 Å². The minimum Gasteiger partial charge on any atom is -0.381 e. The number of nitrogens with one attached hydrogen (secondary N) is 1. The molecule has 2 saturated heterocycles. The topological polar surface area (TPSA) is 67.3 Å². The number of amides is 1. The van der Waals surface area contributed by atoms with E-state index in [9.17, 15) is 18.0 Å². The average molecular weight is 419 g/mol. The van der Waals surface area contributed by atoms with Crippen LogP contribution in [0.4, 0.5) is 19.0 Å². The number of rotatable bonds is 3. The first kappa shape index (κ1) is 19.7. The first-order valence-corrected chi connectivity index (χ1v) is 9.92. The highest BCUT2D eigenvalue weighted by molar-refractivity contribution is 6.29. The Kier molecular flexibility index (Phi) is 5.39. The number of aromatic nitrogens is 2. The van der Waals surface area contributed by atoms with Gasteiger partial charge >= 0.3 is 6.18 Å². The van der Waals surface area contributed by atoms with Gasteiger partial charge in [0.2, 0.25) is 5.91 Å². The fourth-order valence-corrected chi connectivity index (χ4v) is 4.83. The van der Waals surface area contributed by atoms with Crippen LogP contribution in [-0.4, -0.2) is 53.3 Å². The van der Waals surface area contributed by atoms with Crippen LogP contribution in [-0.2, 0) is 15.7 Å². The molecule has 1 N–H and O–H groups in total. The second kappa shape index (κ2) is 7.67. The number of halogens is 4. The summed E-state index contributed by atoms with van der Waals surface area (Å²) in [6.45, 7) is 2.62. The molecule has 1 aliphatic carbocycles. The number of alkyl halides is 3. The third-order valence-electron chi connectivity index (χ3n) is 6.04. The number of hydrogen-bond acceptors (Lipinski definition) is 5. The van der Waals surface area contributed by atoms with Crippen molar-refractivity contribution in [3.8, 4) is 0 Å². The number of ether oxygens (including phenoxy) is 1. The van der Waals surface area contributed by atoms with Gasteiger partial charge in [-0.05, 0) is 43.6 Å². The van der Waals surface area contributed by atoms with Crippen LogP contribution >= 0.6 is 11.6 Å². The van der Waals surface area contributed by atoms with Gasteiger partial charge in [-0.2, -0.15) is 13.2 Å². The number of nitrogens with zero attached hydrogens (tertiary/aromatic N) is 3. The Bertz CT molecular complexity index is 728. The number of carbonyl (C=O) groups excluding carboxylic acids is 1. The lowest BCUT2D eigenvalue weighted by atomic mass is 9.98. The van der Waals surface area contributed by atoms with Crippen LogP contribution in [0.2, 0.25) is 5.15 Å². The highest BCUT2D eigenvalue weighted by atomic mass is 35.5. The molecule has 3 heterocycles. The van der Waals surface area contributed by atoms with Gasteiger partial charge in [0.25, 0.3) is 0 Å². The van der Waals surface area contributed by atoms with Gasteiger partial charge in [0.1, 0.15) is 5.56 Å². The molecule has 0 radical (unpaired) electrons. The SMILES string of the molecule is O=C(C1CCOCC1)N1C[C@H]2C[C@H](Nc3nnc(Cl)cc3C(F)(F)F)C[C@H]2C1. The zero-order valence-corrected chi connectivity index (χ0v) is 16.0. The Morgan fingerprint density at radius 1 is 1.18 bits per heavy atom. The minimum atomic E-state index is -4.55. The lowest BCUT2D eigenvalue weighted by Gasteiger charge is -2.27. The smallest absolute Gasteiger partial charge is 0.381 e. The van der Waals surface area contributed by atoms with Crippen LogP contribution in [0.1, 0.15) is 31.2 Å². The fraction of sp³-hybridized carbons (Fsp3) is 0.722.